The molecule has 3 N–H and O–H groups in total. The normalized spacial score (nSPS) is 10.3. The number of benzene rings is 2. The van der Waals surface area contributed by atoms with Gasteiger partial charge < -0.3 is 15.8 Å². The first-order valence-electron chi connectivity index (χ1n) is 6.13. The Kier molecular flexibility index (Phi) is 4.47. The lowest BCUT2D eigenvalue weighted by Gasteiger charge is -2.13. The molecular weight excluding hydrogens is 339 g/mol. The van der Waals surface area contributed by atoms with Crippen LogP contribution < -0.4 is 11.1 Å². The predicted molar refractivity (Wildman–Crippen MR) is 84.3 cm³/mol. The molecule has 0 fully saturated rings. The van der Waals surface area contributed by atoms with Crippen LogP contribution in [0.3, 0.4) is 0 Å². The smallest absolute Gasteiger partial charge is 0.340 e. The monoisotopic (exact) mass is 352 g/mol. The molecule has 0 heterocycles. The molecule has 0 radical (unpaired) electrons. The number of carbonyl (C=O) groups excluding carboxylic acids is 1. The lowest BCUT2D eigenvalue weighted by molar-refractivity contribution is 0.0602. The fourth-order valence-electron chi connectivity index (χ4n) is 1.88. The van der Waals surface area contributed by atoms with Crippen molar-refractivity contribution >= 4 is 39.0 Å². The molecular formula is C15H14BrFN2O2. The van der Waals surface area contributed by atoms with E-state index in [9.17, 15) is 9.18 Å². The summed E-state index contributed by atoms with van der Waals surface area (Å²) >= 11 is 3.37. The van der Waals surface area contributed by atoms with Crippen molar-refractivity contribution in [1.82, 2.24) is 0 Å². The van der Waals surface area contributed by atoms with Crippen LogP contribution in [0.15, 0.2) is 34.8 Å². The highest BCUT2D eigenvalue weighted by atomic mass is 79.9. The number of anilines is 3. The molecule has 2 aromatic rings. The molecule has 0 saturated carbocycles. The quantitative estimate of drug-likeness (QED) is 0.647. The molecule has 4 nitrogen and oxygen atoms in total. The fourth-order valence-corrected chi connectivity index (χ4v) is 2.36. The van der Waals surface area contributed by atoms with E-state index in [1.165, 1.54) is 13.2 Å². The van der Waals surface area contributed by atoms with Gasteiger partial charge in [-0.2, -0.15) is 0 Å². The molecule has 0 unspecified atom stereocenters. The van der Waals surface area contributed by atoms with Crippen LogP contribution >= 0.6 is 15.9 Å². The first-order valence-corrected chi connectivity index (χ1v) is 6.92. The standard InChI is InChI=1S/C15H14BrFN2O2/c1-8-5-9(16)3-4-13(8)19-14-6-10(15(20)21-2)12(18)7-11(14)17/h3-7,19H,18H2,1-2H3. The van der Waals surface area contributed by atoms with Crippen LogP contribution in [0.1, 0.15) is 15.9 Å². The zero-order chi connectivity index (χ0) is 15.6. The number of methoxy groups -OCH3 is 1. The van der Waals surface area contributed by atoms with Gasteiger partial charge in [-0.15, -0.1) is 0 Å². The third kappa shape index (κ3) is 3.33. The van der Waals surface area contributed by atoms with Crippen molar-refractivity contribution in [3.8, 4) is 0 Å². The zero-order valence-electron chi connectivity index (χ0n) is 11.5. The van der Waals surface area contributed by atoms with E-state index >= 15 is 0 Å². The zero-order valence-corrected chi connectivity index (χ0v) is 13.1. The van der Waals surface area contributed by atoms with Gasteiger partial charge in [-0.3, -0.25) is 0 Å². The van der Waals surface area contributed by atoms with Crippen molar-refractivity contribution in [2.24, 2.45) is 0 Å². The average molecular weight is 353 g/mol. The SMILES string of the molecule is COC(=O)c1cc(Nc2ccc(Br)cc2C)c(F)cc1N. The molecule has 2 aromatic carbocycles. The van der Waals surface area contributed by atoms with Crippen LogP contribution in [0.4, 0.5) is 21.5 Å². The van der Waals surface area contributed by atoms with E-state index in [0.29, 0.717) is 0 Å². The molecule has 0 atom stereocenters. The summed E-state index contributed by atoms with van der Waals surface area (Å²) in [6, 6.07) is 8.00. The number of esters is 1. The van der Waals surface area contributed by atoms with Gasteiger partial charge in [0.2, 0.25) is 0 Å². The largest absolute Gasteiger partial charge is 0.465 e. The summed E-state index contributed by atoms with van der Waals surface area (Å²) in [7, 11) is 1.25. The second-order valence-corrected chi connectivity index (χ2v) is 5.41. The van der Waals surface area contributed by atoms with E-state index < -0.39 is 11.8 Å². The van der Waals surface area contributed by atoms with Crippen LogP contribution in [0.5, 0.6) is 0 Å². The molecule has 0 aromatic heterocycles. The Morgan fingerprint density at radius 3 is 2.62 bits per heavy atom. The summed E-state index contributed by atoms with van der Waals surface area (Å²) in [5, 5.41) is 2.96. The van der Waals surface area contributed by atoms with Crippen molar-refractivity contribution in [3.63, 3.8) is 0 Å². The molecule has 21 heavy (non-hydrogen) atoms. The number of ether oxygens (including phenoxy) is 1. The minimum absolute atomic E-state index is 0.0393. The van der Waals surface area contributed by atoms with Crippen molar-refractivity contribution in [1.29, 1.82) is 0 Å². The highest BCUT2D eigenvalue weighted by molar-refractivity contribution is 9.10. The summed E-state index contributed by atoms with van der Waals surface area (Å²) in [6.07, 6.45) is 0. The third-order valence-electron chi connectivity index (χ3n) is 3.00. The number of nitrogens with two attached hydrogens (primary N) is 1. The van der Waals surface area contributed by atoms with Gasteiger partial charge in [0, 0.05) is 15.8 Å². The molecule has 0 aliphatic heterocycles. The number of nitrogen functional groups attached to an aromatic ring is 1. The second-order valence-electron chi connectivity index (χ2n) is 4.50. The molecule has 0 amide bonds. The van der Waals surface area contributed by atoms with Crippen molar-refractivity contribution in [2.75, 3.05) is 18.2 Å². The van der Waals surface area contributed by atoms with E-state index in [1.807, 2.05) is 25.1 Å². The Labute approximate surface area is 130 Å². The number of hydrogen-bond acceptors (Lipinski definition) is 4. The van der Waals surface area contributed by atoms with Crippen LogP contribution in [0.25, 0.3) is 0 Å². The molecule has 0 bridgehead atoms. The van der Waals surface area contributed by atoms with Gasteiger partial charge in [0.15, 0.2) is 0 Å². The van der Waals surface area contributed by atoms with E-state index in [4.69, 9.17) is 5.73 Å². The van der Waals surface area contributed by atoms with E-state index in [1.54, 1.807) is 0 Å². The summed E-state index contributed by atoms with van der Waals surface area (Å²) in [4.78, 5) is 11.6. The summed E-state index contributed by atoms with van der Waals surface area (Å²) in [5.41, 5.74) is 7.62. The van der Waals surface area contributed by atoms with Gasteiger partial charge in [-0.05, 0) is 42.8 Å². The van der Waals surface area contributed by atoms with E-state index in [2.05, 4.69) is 26.0 Å². The molecule has 0 aliphatic carbocycles. The first-order chi connectivity index (χ1) is 9.92. The van der Waals surface area contributed by atoms with Gasteiger partial charge in [-0.25, -0.2) is 9.18 Å². The first kappa shape index (κ1) is 15.3. The number of rotatable bonds is 3. The van der Waals surface area contributed by atoms with E-state index in [0.717, 1.165) is 21.8 Å². The number of hydrogen-bond donors (Lipinski definition) is 2. The van der Waals surface area contributed by atoms with Gasteiger partial charge in [0.05, 0.1) is 18.4 Å². The maximum atomic E-state index is 14.0. The third-order valence-corrected chi connectivity index (χ3v) is 3.50. The Morgan fingerprint density at radius 1 is 1.29 bits per heavy atom. The minimum atomic E-state index is -0.608. The highest BCUT2D eigenvalue weighted by Gasteiger charge is 2.15. The van der Waals surface area contributed by atoms with Crippen molar-refractivity contribution < 1.29 is 13.9 Å². The maximum absolute atomic E-state index is 14.0. The maximum Gasteiger partial charge on any atom is 0.340 e. The summed E-state index contributed by atoms with van der Waals surface area (Å²) < 4.78 is 19.5. The van der Waals surface area contributed by atoms with Crippen LogP contribution in [0.2, 0.25) is 0 Å². The van der Waals surface area contributed by atoms with Crippen molar-refractivity contribution in [3.05, 3.63) is 51.7 Å². The average Bonchev–Trinajstić information content (AvgIpc) is 2.43. The summed E-state index contributed by atoms with van der Waals surface area (Å²) in [5.74, 6) is -1.15. The molecule has 0 aliphatic rings. The molecule has 0 saturated heterocycles. The van der Waals surface area contributed by atoms with Gasteiger partial charge in [0.25, 0.3) is 0 Å². The lowest BCUT2D eigenvalue weighted by Crippen LogP contribution is -2.08. The topological polar surface area (TPSA) is 64.3 Å². The Hall–Kier alpha value is -2.08. The number of carbonyl (C=O) groups is 1. The minimum Gasteiger partial charge on any atom is -0.465 e. The van der Waals surface area contributed by atoms with Crippen LogP contribution in [-0.4, -0.2) is 13.1 Å². The molecule has 6 heteroatoms. The molecule has 0 spiro atoms. The fraction of sp³-hybridized carbons (Fsp3) is 0.133. The second kappa shape index (κ2) is 6.13. The highest BCUT2D eigenvalue weighted by Crippen LogP contribution is 2.28. The molecule has 110 valence electrons. The number of aryl methyl sites for hydroxylation is 1. The van der Waals surface area contributed by atoms with Crippen molar-refractivity contribution in [2.45, 2.75) is 6.92 Å². The van der Waals surface area contributed by atoms with E-state index in [-0.39, 0.29) is 16.9 Å². The summed E-state index contributed by atoms with van der Waals surface area (Å²) in [6.45, 7) is 1.89. The Balaban J connectivity index is 2.42. The molecule has 2 rings (SSSR count). The van der Waals surface area contributed by atoms with Crippen LogP contribution in [-0.2, 0) is 4.74 Å². The Bertz CT molecular complexity index is 704. The van der Waals surface area contributed by atoms with Gasteiger partial charge in [0.1, 0.15) is 5.82 Å². The van der Waals surface area contributed by atoms with Gasteiger partial charge >= 0.3 is 5.97 Å². The number of nitrogens with one attached hydrogen (secondary N) is 1. The lowest BCUT2D eigenvalue weighted by atomic mass is 10.1. The predicted octanol–water partition coefficient (Wildman–Crippen LogP) is 4.01. The van der Waals surface area contributed by atoms with Crippen LogP contribution in [0, 0.1) is 12.7 Å². The Morgan fingerprint density at radius 2 is 2.00 bits per heavy atom. The number of halogens is 2. The van der Waals surface area contributed by atoms with Gasteiger partial charge in [-0.1, -0.05) is 15.9 Å².